The van der Waals surface area contributed by atoms with Crippen LogP contribution in [0, 0.1) is 5.41 Å². The SMILES string of the molecule is CC(C)(CO)C(CNC(=O)c1cc2occc2[nH]1)c1ccccc1. The second kappa shape index (κ2) is 6.53. The minimum atomic E-state index is -0.349. The van der Waals surface area contributed by atoms with Gasteiger partial charge in [0.05, 0.1) is 11.8 Å². The lowest BCUT2D eigenvalue weighted by atomic mass is 9.75. The normalized spacial score (nSPS) is 13.1. The van der Waals surface area contributed by atoms with E-state index in [0.717, 1.165) is 11.1 Å². The molecule has 0 aliphatic rings. The van der Waals surface area contributed by atoms with Gasteiger partial charge in [-0.2, -0.15) is 0 Å². The molecule has 0 bridgehead atoms. The van der Waals surface area contributed by atoms with Crippen LogP contribution in [0.5, 0.6) is 0 Å². The fraction of sp³-hybridized carbons (Fsp3) is 0.316. The number of H-pyrrole nitrogens is 1. The van der Waals surface area contributed by atoms with E-state index in [4.69, 9.17) is 4.42 Å². The zero-order chi connectivity index (χ0) is 17.2. The third-order valence-corrected chi connectivity index (χ3v) is 4.50. The molecular weight excluding hydrogens is 304 g/mol. The number of aromatic nitrogens is 1. The van der Waals surface area contributed by atoms with Crippen LogP contribution in [0.4, 0.5) is 0 Å². The number of rotatable bonds is 6. The number of furan rings is 1. The molecule has 0 spiro atoms. The molecule has 24 heavy (non-hydrogen) atoms. The molecule has 1 atom stereocenters. The molecule has 5 nitrogen and oxygen atoms in total. The molecule has 5 heteroatoms. The highest BCUT2D eigenvalue weighted by molar-refractivity contribution is 5.96. The third kappa shape index (κ3) is 3.21. The predicted octanol–water partition coefficient (Wildman–Crippen LogP) is 3.29. The highest BCUT2D eigenvalue weighted by atomic mass is 16.3. The lowest BCUT2D eigenvalue weighted by Gasteiger charge is -2.33. The molecule has 0 radical (unpaired) electrons. The van der Waals surface area contributed by atoms with Crippen LogP contribution in [0.1, 0.15) is 35.8 Å². The summed E-state index contributed by atoms with van der Waals surface area (Å²) in [6, 6.07) is 13.4. The van der Waals surface area contributed by atoms with E-state index in [1.807, 2.05) is 44.2 Å². The summed E-state index contributed by atoms with van der Waals surface area (Å²) in [7, 11) is 0. The molecule has 126 valence electrons. The van der Waals surface area contributed by atoms with Gasteiger partial charge in [-0.25, -0.2) is 0 Å². The molecule has 0 saturated heterocycles. The van der Waals surface area contributed by atoms with Crippen LogP contribution in [-0.2, 0) is 0 Å². The van der Waals surface area contributed by atoms with Crippen LogP contribution in [0.15, 0.2) is 53.1 Å². The molecule has 2 heterocycles. The Labute approximate surface area is 140 Å². The lowest BCUT2D eigenvalue weighted by Crippen LogP contribution is -2.37. The van der Waals surface area contributed by atoms with Gasteiger partial charge in [0.1, 0.15) is 5.69 Å². The van der Waals surface area contributed by atoms with Crippen LogP contribution in [0.3, 0.4) is 0 Å². The number of hydrogen-bond acceptors (Lipinski definition) is 3. The number of carbonyl (C=O) groups excluding carboxylic acids is 1. The van der Waals surface area contributed by atoms with E-state index >= 15 is 0 Å². The summed E-state index contributed by atoms with van der Waals surface area (Å²) in [6.45, 7) is 4.48. The van der Waals surface area contributed by atoms with Crippen LogP contribution in [-0.4, -0.2) is 29.1 Å². The summed E-state index contributed by atoms with van der Waals surface area (Å²) < 4.78 is 5.27. The Kier molecular flexibility index (Phi) is 4.44. The number of nitrogens with one attached hydrogen (secondary N) is 2. The summed E-state index contributed by atoms with van der Waals surface area (Å²) in [5.74, 6) is -0.179. The highest BCUT2D eigenvalue weighted by Crippen LogP contribution is 2.34. The van der Waals surface area contributed by atoms with Crippen LogP contribution >= 0.6 is 0 Å². The zero-order valence-corrected chi connectivity index (χ0v) is 13.9. The monoisotopic (exact) mass is 326 g/mol. The second-order valence-corrected chi connectivity index (χ2v) is 6.70. The zero-order valence-electron chi connectivity index (χ0n) is 13.9. The first kappa shape index (κ1) is 16.3. The van der Waals surface area contributed by atoms with Gasteiger partial charge >= 0.3 is 0 Å². The Morgan fingerprint density at radius 2 is 2.04 bits per heavy atom. The summed E-state index contributed by atoms with van der Waals surface area (Å²) >= 11 is 0. The Morgan fingerprint density at radius 3 is 2.71 bits per heavy atom. The molecule has 0 aliphatic carbocycles. The lowest BCUT2D eigenvalue weighted by molar-refractivity contribution is 0.0916. The second-order valence-electron chi connectivity index (χ2n) is 6.70. The van der Waals surface area contributed by atoms with E-state index in [1.54, 1.807) is 18.4 Å². The molecule has 3 N–H and O–H groups in total. The van der Waals surface area contributed by atoms with Gasteiger partial charge in [-0.1, -0.05) is 44.2 Å². The first-order chi connectivity index (χ1) is 11.5. The number of aliphatic hydroxyl groups excluding tert-OH is 1. The molecule has 1 amide bonds. The smallest absolute Gasteiger partial charge is 0.267 e. The number of benzene rings is 1. The van der Waals surface area contributed by atoms with Crippen molar-refractivity contribution < 1.29 is 14.3 Å². The minimum absolute atomic E-state index is 0.00519. The molecule has 0 aliphatic heterocycles. The fourth-order valence-electron chi connectivity index (χ4n) is 2.90. The van der Waals surface area contributed by atoms with Crippen LogP contribution in [0.25, 0.3) is 11.1 Å². The molecule has 1 unspecified atom stereocenters. The molecule has 1 aromatic carbocycles. The number of aromatic amines is 1. The molecule has 0 fully saturated rings. The van der Waals surface area contributed by atoms with E-state index < -0.39 is 0 Å². The summed E-state index contributed by atoms with van der Waals surface area (Å²) in [5, 5.41) is 12.7. The van der Waals surface area contributed by atoms with Crippen molar-refractivity contribution >= 4 is 17.0 Å². The predicted molar refractivity (Wildman–Crippen MR) is 92.9 cm³/mol. The maximum atomic E-state index is 12.4. The maximum absolute atomic E-state index is 12.4. The van der Waals surface area contributed by atoms with E-state index in [2.05, 4.69) is 10.3 Å². The first-order valence-electron chi connectivity index (χ1n) is 8.01. The van der Waals surface area contributed by atoms with Crippen molar-refractivity contribution in [3.05, 3.63) is 60.0 Å². The largest absolute Gasteiger partial charge is 0.463 e. The van der Waals surface area contributed by atoms with Crippen molar-refractivity contribution in [3.63, 3.8) is 0 Å². The first-order valence-corrected chi connectivity index (χ1v) is 8.01. The van der Waals surface area contributed by atoms with E-state index in [0.29, 0.717) is 17.8 Å². The number of amides is 1. The molecule has 3 rings (SSSR count). The third-order valence-electron chi connectivity index (χ3n) is 4.50. The number of aliphatic hydroxyl groups is 1. The van der Waals surface area contributed by atoms with Gasteiger partial charge in [-0.15, -0.1) is 0 Å². The van der Waals surface area contributed by atoms with Gasteiger partial charge < -0.3 is 19.8 Å². The van der Waals surface area contributed by atoms with E-state index in [1.165, 1.54) is 0 Å². The number of hydrogen-bond donors (Lipinski definition) is 3. The standard InChI is InChI=1S/C19H22N2O3/c1-19(2,12-22)14(13-6-4-3-5-7-13)11-20-18(23)16-10-17-15(21-16)8-9-24-17/h3-10,14,21-22H,11-12H2,1-2H3,(H,20,23). The van der Waals surface area contributed by atoms with Crippen molar-refractivity contribution in [1.82, 2.24) is 10.3 Å². The summed E-state index contributed by atoms with van der Waals surface area (Å²) in [5.41, 5.74) is 2.68. The van der Waals surface area contributed by atoms with Gasteiger partial charge in [-0.3, -0.25) is 4.79 Å². The number of carbonyl (C=O) groups is 1. The van der Waals surface area contributed by atoms with Crippen molar-refractivity contribution in [3.8, 4) is 0 Å². The molecule has 0 saturated carbocycles. The van der Waals surface area contributed by atoms with Gasteiger partial charge in [0, 0.05) is 31.2 Å². The Bertz CT molecular complexity index is 789. The van der Waals surface area contributed by atoms with E-state index in [9.17, 15) is 9.90 Å². The van der Waals surface area contributed by atoms with Crippen LogP contribution in [0.2, 0.25) is 0 Å². The van der Waals surface area contributed by atoms with Crippen molar-refractivity contribution in [2.24, 2.45) is 5.41 Å². The quantitative estimate of drug-likeness (QED) is 0.650. The fourth-order valence-corrected chi connectivity index (χ4v) is 2.90. The summed E-state index contributed by atoms with van der Waals surface area (Å²) in [4.78, 5) is 15.5. The highest BCUT2D eigenvalue weighted by Gasteiger charge is 2.30. The Hall–Kier alpha value is -2.53. The average molecular weight is 326 g/mol. The van der Waals surface area contributed by atoms with Gasteiger partial charge in [0.15, 0.2) is 5.58 Å². The van der Waals surface area contributed by atoms with Crippen molar-refractivity contribution in [2.75, 3.05) is 13.2 Å². The Morgan fingerprint density at radius 1 is 1.29 bits per heavy atom. The summed E-state index contributed by atoms with van der Waals surface area (Å²) in [6.07, 6.45) is 1.58. The van der Waals surface area contributed by atoms with Crippen molar-refractivity contribution in [2.45, 2.75) is 19.8 Å². The van der Waals surface area contributed by atoms with E-state index in [-0.39, 0.29) is 23.8 Å². The van der Waals surface area contributed by atoms with Gasteiger partial charge in [0.2, 0.25) is 0 Å². The molecule has 2 aromatic heterocycles. The molecular formula is C19H22N2O3. The van der Waals surface area contributed by atoms with Crippen molar-refractivity contribution in [1.29, 1.82) is 0 Å². The van der Waals surface area contributed by atoms with Gasteiger partial charge in [-0.05, 0) is 11.0 Å². The minimum Gasteiger partial charge on any atom is -0.463 e. The maximum Gasteiger partial charge on any atom is 0.267 e. The Balaban J connectivity index is 1.75. The number of fused-ring (bicyclic) bond motifs is 1. The van der Waals surface area contributed by atoms with Gasteiger partial charge in [0.25, 0.3) is 5.91 Å². The topological polar surface area (TPSA) is 78.3 Å². The molecule has 3 aromatic rings. The van der Waals surface area contributed by atoms with Crippen LogP contribution < -0.4 is 5.32 Å². The average Bonchev–Trinajstić information content (AvgIpc) is 3.17.